The molecule has 0 heterocycles. The summed E-state index contributed by atoms with van der Waals surface area (Å²) in [5.41, 5.74) is 0. The summed E-state index contributed by atoms with van der Waals surface area (Å²) in [6, 6.07) is 2.92. The number of benzene rings is 1. The van der Waals surface area contributed by atoms with Crippen LogP contribution in [0.5, 0.6) is 0 Å². The smallest absolute Gasteiger partial charge is 0.322 e. The lowest BCUT2D eigenvalue weighted by atomic mass is 10.0. The normalized spacial score (nSPS) is 14.8. The molecule has 0 aliphatic rings. The third kappa shape index (κ3) is 4.18. The Hall–Kier alpha value is -0.630. The zero-order valence-electron chi connectivity index (χ0n) is 10.9. The van der Waals surface area contributed by atoms with Gasteiger partial charge < -0.3 is 5.11 Å². The SMILES string of the molecule is CCC(C)[C@H](NS(=O)(=O)c1ccc(Cl)c(Br)c1)C(=O)O. The molecule has 0 saturated heterocycles. The van der Waals surface area contributed by atoms with Crippen LogP contribution in [0.3, 0.4) is 0 Å². The van der Waals surface area contributed by atoms with Gasteiger partial charge in [-0.05, 0) is 40.0 Å². The summed E-state index contributed by atoms with van der Waals surface area (Å²) in [7, 11) is -3.92. The third-order valence-corrected chi connectivity index (χ3v) is 5.62. The number of halogens is 2. The van der Waals surface area contributed by atoms with Crippen molar-refractivity contribution in [2.45, 2.75) is 31.2 Å². The highest BCUT2D eigenvalue weighted by Crippen LogP contribution is 2.25. The average Bonchev–Trinajstić information content (AvgIpc) is 2.38. The Kier molecular flexibility index (Phi) is 6.00. The van der Waals surface area contributed by atoms with Crippen LogP contribution in [-0.2, 0) is 14.8 Å². The van der Waals surface area contributed by atoms with Crippen LogP contribution < -0.4 is 4.72 Å². The zero-order valence-corrected chi connectivity index (χ0v) is 14.1. The van der Waals surface area contributed by atoms with Crippen molar-refractivity contribution in [3.63, 3.8) is 0 Å². The minimum absolute atomic E-state index is 0.0386. The Bertz CT molecular complexity index is 605. The maximum absolute atomic E-state index is 12.2. The van der Waals surface area contributed by atoms with E-state index in [1.807, 2.05) is 0 Å². The van der Waals surface area contributed by atoms with E-state index in [1.165, 1.54) is 18.2 Å². The van der Waals surface area contributed by atoms with Gasteiger partial charge in [0.1, 0.15) is 6.04 Å². The number of carboxylic acids is 1. The van der Waals surface area contributed by atoms with Gasteiger partial charge in [-0.15, -0.1) is 0 Å². The fourth-order valence-electron chi connectivity index (χ4n) is 1.52. The van der Waals surface area contributed by atoms with Gasteiger partial charge in [-0.3, -0.25) is 4.79 Å². The predicted molar refractivity (Wildman–Crippen MR) is 80.4 cm³/mol. The number of carboxylic acid groups (broad SMARTS) is 1. The van der Waals surface area contributed by atoms with Gasteiger partial charge in [0.05, 0.1) is 9.92 Å². The van der Waals surface area contributed by atoms with E-state index in [0.29, 0.717) is 15.9 Å². The summed E-state index contributed by atoms with van der Waals surface area (Å²) in [4.78, 5) is 11.1. The van der Waals surface area contributed by atoms with Gasteiger partial charge in [0.2, 0.25) is 10.0 Å². The first-order valence-corrected chi connectivity index (χ1v) is 8.54. The first-order valence-electron chi connectivity index (χ1n) is 5.89. The zero-order chi connectivity index (χ0) is 15.5. The van der Waals surface area contributed by atoms with Gasteiger partial charge in [0.15, 0.2) is 0 Å². The predicted octanol–water partition coefficient (Wildman–Crippen LogP) is 2.88. The minimum atomic E-state index is -3.92. The van der Waals surface area contributed by atoms with Crippen LogP contribution in [0.15, 0.2) is 27.6 Å². The number of hydrogen-bond acceptors (Lipinski definition) is 3. The second kappa shape index (κ2) is 6.89. The summed E-state index contributed by atoms with van der Waals surface area (Å²) < 4.78 is 27.0. The van der Waals surface area contributed by atoms with Gasteiger partial charge in [-0.1, -0.05) is 31.9 Å². The van der Waals surface area contributed by atoms with Crippen molar-refractivity contribution in [3.05, 3.63) is 27.7 Å². The molecule has 1 aromatic carbocycles. The fraction of sp³-hybridized carbons (Fsp3) is 0.417. The Labute approximate surface area is 131 Å². The molecule has 1 rings (SSSR count). The van der Waals surface area contributed by atoms with Crippen molar-refractivity contribution in [2.24, 2.45) is 5.92 Å². The minimum Gasteiger partial charge on any atom is -0.480 e. The molecule has 0 bridgehead atoms. The third-order valence-electron chi connectivity index (χ3n) is 2.96. The molecule has 0 aromatic heterocycles. The van der Waals surface area contributed by atoms with E-state index in [-0.39, 0.29) is 10.8 Å². The van der Waals surface area contributed by atoms with E-state index in [4.69, 9.17) is 16.7 Å². The molecule has 0 amide bonds. The van der Waals surface area contributed by atoms with Crippen LogP contribution in [0.25, 0.3) is 0 Å². The van der Waals surface area contributed by atoms with E-state index < -0.39 is 22.0 Å². The molecule has 5 nitrogen and oxygen atoms in total. The standard InChI is InChI=1S/C12H15BrClNO4S/c1-3-7(2)11(12(16)17)15-20(18,19)8-4-5-10(14)9(13)6-8/h4-7,11,15H,3H2,1-2H3,(H,16,17)/t7?,11-/m0/s1. The van der Waals surface area contributed by atoms with Gasteiger partial charge >= 0.3 is 5.97 Å². The number of rotatable bonds is 6. The number of nitrogens with one attached hydrogen (secondary N) is 1. The van der Waals surface area contributed by atoms with Gasteiger partial charge in [0, 0.05) is 4.47 Å². The largest absolute Gasteiger partial charge is 0.480 e. The fourth-order valence-corrected chi connectivity index (χ4v) is 3.50. The van der Waals surface area contributed by atoms with Crippen LogP contribution >= 0.6 is 27.5 Å². The van der Waals surface area contributed by atoms with Crippen molar-refractivity contribution in [1.29, 1.82) is 0 Å². The maximum Gasteiger partial charge on any atom is 0.322 e. The molecule has 0 radical (unpaired) electrons. The lowest BCUT2D eigenvalue weighted by Gasteiger charge is -2.20. The van der Waals surface area contributed by atoms with Crippen LogP contribution in [-0.4, -0.2) is 25.5 Å². The molecule has 112 valence electrons. The number of carbonyl (C=O) groups is 1. The Balaban J connectivity index is 3.09. The highest BCUT2D eigenvalue weighted by atomic mass is 79.9. The molecular formula is C12H15BrClNO4S. The van der Waals surface area contributed by atoms with E-state index in [2.05, 4.69) is 20.7 Å². The first kappa shape index (κ1) is 17.4. The van der Waals surface area contributed by atoms with Gasteiger partial charge in [-0.25, -0.2) is 8.42 Å². The topological polar surface area (TPSA) is 83.5 Å². The van der Waals surface area contributed by atoms with Gasteiger partial charge in [0.25, 0.3) is 0 Å². The summed E-state index contributed by atoms with van der Waals surface area (Å²) in [6.45, 7) is 3.48. The maximum atomic E-state index is 12.2. The van der Waals surface area contributed by atoms with Crippen molar-refractivity contribution in [2.75, 3.05) is 0 Å². The lowest BCUT2D eigenvalue weighted by molar-refractivity contribution is -0.140. The molecule has 1 unspecified atom stereocenters. The van der Waals surface area contributed by atoms with Crippen molar-refractivity contribution >= 4 is 43.5 Å². The summed E-state index contributed by atoms with van der Waals surface area (Å²) in [5.74, 6) is -1.52. The highest BCUT2D eigenvalue weighted by molar-refractivity contribution is 9.10. The monoisotopic (exact) mass is 383 g/mol. The van der Waals surface area contributed by atoms with E-state index in [9.17, 15) is 13.2 Å². The summed E-state index contributed by atoms with van der Waals surface area (Å²) in [5, 5.41) is 9.50. The molecule has 20 heavy (non-hydrogen) atoms. The molecule has 8 heteroatoms. The molecule has 1 aromatic rings. The number of hydrogen-bond donors (Lipinski definition) is 2. The lowest BCUT2D eigenvalue weighted by Crippen LogP contribution is -2.44. The van der Waals surface area contributed by atoms with Gasteiger partial charge in [-0.2, -0.15) is 4.72 Å². The molecule has 0 aliphatic carbocycles. The molecule has 0 saturated carbocycles. The Morgan fingerprint density at radius 1 is 1.50 bits per heavy atom. The van der Waals surface area contributed by atoms with Crippen LogP contribution in [0.4, 0.5) is 0 Å². The van der Waals surface area contributed by atoms with Crippen LogP contribution in [0, 0.1) is 5.92 Å². The average molecular weight is 385 g/mol. The highest BCUT2D eigenvalue weighted by Gasteiger charge is 2.29. The number of aliphatic carboxylic acids is 1. The summed E-state index contributed by atoms with van der Waals surface area (Å²) in [6.07, 6.45) is 0.545. The van der Waals surface area contributed by atoms with Crippen molar-refractivity contribution < 1.29 is 18.3 Å². The Morgan fingerprint density at radius 2 is 2.10 bits per heavy atom. The molecule has 2 N–H and O–H groups in total. The molecular weight excluding hydrogens is 370 g/mol. The van der Waals surface area contributed by atoms with E-state index in [1.54, 1.807) is 13.8 Å². The van der Waals surface area contributed by atoms with E-state index >= 15 is 0 Å². The first-order chi connectivity index (χ1) is 9.19. The second-order valence-electron chi connectivity index (χ2n) is 4.40. The number of sulfonamides is 1. The van der Waals surface area contributed by atoms with Crippen molar-refractivity contribution in [3.8, 4) is 0 Å². The van der Waals surface area contributed by atoms with Crippen LogP contribution in [0.2, 0.25) is 5.02 Å². The molecule has 0 aliphatic heterocycles. The summed E-state index contributed by atoms with van der Waals surface area (Å²) >= 11 is 8.94. The molecule has 0 fully saturated rings. The van der Waals surface area contributed by atoms with Crippen molar-refractivity contribution in [1.82, 2.24) is 4.72 Å². The molecule has 2 atom stereocenters. The quantitative estimate of drug-likeness (QED) is 0.790. The Morgan fingerprint density at radius 3 is 2.55 bits per heavy atom. The van der Waals surface area contributed by atoms with Crippen LogP contribution in [0.1, 0.15) is 20.3 Å². The molecule has 0 spiro atoms. The second-order valence-corrected chi connectivity index (χ2v) is 7.37. The van der Waals surface area contributed by atoms with E-state index in [0.717, 1.165) is 0 Å².